The Morgan fingerprint density at radius 2 is 1.73 bits per heavy atom. The molecule has 1 heterocycles. The third kappa shape index (κ3) is 4.55. The molecule has 0 aromatic heterocycles. The van der Waals surface area contributed by atoms with E-state index in [2.05, 4.69) is 5.32 Å². The van der Waals surface area contributed by atoms with Crippen molar-refractivity contribution in [3.8, 4) is 0 Å². The zero-order valence-electron chi connectivity index (χ0n) is 16.6. The molecule has 0 unspecified atom stereocenters. The van der Waals surface area contributed by atoms with Crippen molar-refractivity contribution in [2.24, 2.45) is 0 Å². The molecule has 0 aliphatic carbocycles. The number of nitrogens with zero attached hydrogens (tertiary/aromatic N) is 1. The van der Waals surface area contributed by atoms with Crippen molar-refractivity contribution in [3.63, 3.8) is 0 Å². The molecule has 1 saturated heterocycles. The number of para-hydroxylation sites is 1. The Balaban J connectivity index is 1.48. The molecule has 1 atom stereocenters. The molecule has 0 bridgehead atoms. The molecule has 2 amide bonds. The Labute approximate surface area is 185 Å². The molecule has 3 aromatic carbocycles. The smallest absolute Gasteiger partial charge is 0.255 e. The maximum atomic E-state index is 12.7. The number of anilines is 1. The maximum absolute atomic E-state index is 12.7. The maximum Gasteiger partial charge on any atom is 0.255 e. The van der Waals surface area contributed by atoms with Gasteiger partial charge in [-0.2, -0.15) is 0 Å². The average Bonchev–Trinajstić information content (AvgIpc) is 3.15. The molecule has 0 radical (unpaired) electrons. The largest absolute Gasteiger partial charge is 0.322 e. The lowest BCUT2D eigenvalue weighted by Gasteiger charge is -2.24. The fourth-order valence-electron chi connectivity index (χ4n) is 3.42. The van der Waals surface area contributed by atoms with Crippen molar-refractivity contribution in [1.82, 2.24) is 4.90 Å². The number of carbonyl (C=O) groups excluding carboxylic acids is 2. The van der Waals surface area contributed by atoms with Crippen LogP contribution in [0.2, 0.25) is 0 Å². The molecule has 3 aromatic rings. The van der Waals surface area contributed by atoms with Gasteiger partial charge in [0.25, 0.3) is 5.91 Å². The SMILES string of the molecule is CSc1ccccc1NC(=O)c1ccc([C@@H]2SCC(=O)N2Cc2ccccc2)cc1. The van der Waals surface area contributed by atoms with E-state index in [-0.39, 0.29) is 17.2 Å². The van der Waals surface area contributed by atoms with E-state index in [0.29, 0.717) is 17.9 Å². The third-order valence-electron chi connectivity index (χ3n) is 4.98. The summed E-state index contributed by atoms with van der Waals surface area (Å²) >= 11 is 3.22. The number of carbonyl (C=O) groups is 2. The van der Waals surface area contributed by atoms with Gasteiger partial charge in [-0.3, -0.25) is 9.59 Å². The van der Waals surface area contributed by atoms with E-state index in [1.165, 1.54) is 0 Å². The van der Waals surface area contributed by atoms with Crippen LogP contribution < -0.4 is 5.32 Å². The van der Waals surface area contributed by atoms with Crippen LogP contribution in [0.3, 0.4) is 0 Å². The lowest BCUT2D eigenvalue weighted by Crippen LogP contribution is -2.27. The fourth-order valence-corrected chi connectivity index (χ4v) is 5.16. The van der Waals surface area contributed by atoms with Gasteiger partial charge in [0, 0.05) is 17.0 Å². The number of hydrogen-bond donors (Lipinski definition) is 1. The summed E-state index contributed by atoms with van der Waals surface area (Å²) in [5.41, 5.74) is 3.55. The molecular formula is C24H22N2O2S2. The van der Waals surface area contributed by atoms with E-state index in [1.807, 2.05) is 90.0 Å². The van der Waals surface area contributed by atoms with Gasteiger partial charge in [0.05, 0.1) is 11.4 Å². The van der Waals surface area contributed by atoms with Crippen molar-refractivity contribution < 1.29 is 9.59 Å². The van der Waals surface area contributed by atoms with E-state index in [1.54, 1.807) is 23.5 Å². The summed E-state index contributed by atoms with van der Waals surface area (Å²) in [6.07, 6.45) is 1.99. The molecule has 4 nitrogen and oxygen atoms in total. The summed E-state index contributed by atoms with van der Waals surface area (Å²) in [6, 6.07) is 25.3. The van der Waals surface area contributed by atoms with Crippen LogP contribution in [-0.4, -0.2) is 28.7 Å². The van der Waals surface area contributed by atoms with Crippen LogP contribution in [0.15, 0.2) is 83.8 Å². The Morgan fingerprint density at radius 3 is 2.47 bits per heavy atom. The first-order valence-electron chi connectivity index (χ1n) is 9.65. The summed E-state index contributed by atoms with van der Waals surface area (Å²) in [5.74, 6) is 0.481. The average molecular weight is 435 g/mol. The highest BCUT2D eigenvalue weighted by Gasteiger charge is 2.32. The van der Waals surface area contributed by atoms with Gasteiger partial charge in [0.2, 0.25) is 5.91 Å². The Bertz CT molecular complexity index is 1040. The van der Waals surface area contributed by atoms with E-state index in [0.717, 1.165) is 21.7 Å². The molecular weight excluding hydrogens is 412 g/mol. The number of thioether (sulfide) groups is 2. The minimum absolute atomic E-state index is 0.0352. The Kier molecular flexibility index (Phi) is 6.45. The Hall–Kier alpha value is -2.70. The van der Waals surface area contributed by atoms with Crippen LogP contribution in [0.25, 0.3) is 0 Å². The van der Waals surface area contributed by atoms with Gasteiger partial charge in [-0.1, -0.05) is 54.6 Å². The molecule has 0 saturated carbocycles. The van der Waals surface area contributed by atoms with Crippen LogP contribution in [-0.2, 0) is 11.3 Å². The minimum atomic E-state index is -0.139. The zero-order chi connectivity index (χ0) is 20.9. The normalized spacial score (nSPS) is 16.0. The lowest BCUT2D eigenvalue weighted by molar-refractivity contribution is -0.128. The predicted octanol–water partition coefficient (Wildman–Crippen LogP) is 5.44. The van der Waals surface area contributed by atoms with Crippen LogP contribution in [0.1, 0.15) is 26.9 Å². The number of rotatable bonds is 6. The van der Waals surface area contributed by atoms with Crippen LogP contribution in [0, 0.1) is 0 Å². The number of benzene rings is 3. The van der Waals surface area contributed by atoms with Crippen molar-refractivity contribution in [1.29, 1.82) is 0 Å². The second kappa shape index (κ2) is 9.41. The zero-order valence-corrected chi connectivity index (χ0v) is 18.2. The first-order chi connectivity index (χ1) is 14.7. The van der Waals surface area contributed by atoms with E-state index in [9.17, 15) is 9.59 Å². The van der Waals surface area contributed by atoms with E-state index in [4.69, 9.17) is 0 Å². The number of amides is 2. The van der Waals surface area contributed by atoms with Crippen molar-refractivity contribution in [2.75, 3.05) is 17.3 Å². The number of hydrogen-bond acceptors (Lipinski definition) is 4. The summed E-state index contributed by atoms with van der Waals surface area (Å²) in [6.45, 7) is 0.588. The molecule has 152 valence electrons. The molecule has 1 aliphatic heterocycles. The molecule has 1 N–H and O–H groups in total. The molecule has 0 spiro atoms. The van der Waals surface area contributed by atoms with Gasteiger partial charge in [-0.15, -0.1) is 23.5 Å². The fraction of sp³-hybridized carbons (Fsp3) is 0.167. The van der Waals surface area contributed by atoms with Crippen LogP contribution in [0.4, 0.5) is 5.69 Å². The summed E-state index contributed by atoms with van der Waals surface area (Å²) in [4.78, 5) is 28.1. The third-order valence-corrected chi connectivity index (χ3v) is 7.03. The van der Waals surface area contributed by atoms with Crippen molar-refractivity contribution in [2.45, 2.75) is 16.8 Å². The molecule has 1 fully saturated rings. The highest BCUT2D eigenvalue weighted by atomic mass is 32.2. The molecule has 4 rings (SSSR count). The summed E-state index contributed by atoms with van der Waals surface area (Å²) < 4.78 is 0. The highest BCUT2D eigenvalue weighted by Crippen LogP contribution is 2.39. The lowest BCUT2D eigenvalue weighted by atomic mass is 10.1. The van der Waals surface area contributed by atoms with E-state index >= 15 is 0 Å². The quantitative estimate of drug-likeness (QED) is 0.525. The number of nitrogens with one attached hydrogen (secondary N) is 1. The van der Waals surface area contributed by atoms with Gasteiger partial charge >= 0.3 is 0 Å². The Morgan fingerprint density at radius 1 is 1.03 bits per heavy atom. The van der Waals surface area contributed by atoms with Crippen LogP contribution in [0.5, 0.6) is 0 Å². The van der Waals surface area contributed by atoms with Gasteiger partial charge in [-0.25, -0.2) is 0 Å². The second-order valence-electron chi connectivity index (χ2n) is 6.95. The van der Waals surface area contributed by atoms with E-state index < -0.39 is 0 Å². The summed E-state index contributed by atoms with van der Waals surface area (Å²) in [5, 5.41) is 2.95. The second-order valence-corrected chi connectivity index (χ2v) is 8.86. The predicted molar refractivity (Wildman–Crippen MR) is 125 cm³/mol. The first-order valence-corrected chi connectivity index (χ1v) is 11.9. The topological polar surface area (TPSA) is 49.4 Å². The monoisotopic (exact) mass is 434 g/mol. The standard InChI is InChI=1S/C24H22N2O2S2/c1-29-21-10-6-5-9-20(21)25-23(28)18-11-13-19(14-12-18)24-26(22(27)16-30-24)15-17-7-3-2-4-8-17/h2-14,24H,15-16H2,1H3,(H,25,28)/t24-/m0/s1. The van der Waals surface area contributed by atoms with Gasteiger partial charge in [0.1, 0.15) is 5.37 Å². The van der Waals surface area contributed by atoms with Crippen LogP contribution >= 0.6 is 23.5 Å². The first kappa shape index (κ1) is 20.6. The van der Waals surface area contributed by atoms with Gasteiger partial charge < -0.3 is 10.2 Å². The van der Waals surface area contributed by atoms with Gasteiger partial charge in [-0.05, 0) is 41.6 Å². The highest BCUT2D eigenvalue weighted by molar-refractivity contribution is 8.00. The molecule has 6 heteroatoms. The van der Waals surface area contributed by atoms with Gasteiger partial charge in [0.15, 0.2) is 0 Å². The molecule has 1 aliphatic rings. The van der Waals surface area contributed by atoms with Crippen molar-refractivity contribution >= 4 is 41.0 Å². The molecule has 30 heavy (non-hydrogen) atoms. The minimum Gasteiger partial charge on any atom is -0.322 e. The summed E-state index contributed by atoms with van der Waals surface area (Å²) in [7, 11) is 0. The van der Waals surface area contributed by atoms with Crippen molar-refractivity contribution in [3.05, 3.63) is 95.6 Å².